The lowest BCUT2D eigenvalue weighted by Gasteiger charge is -2.34. The van der Waals surface area contributed by atoms with Crippen molar-refractivity contribution in [3.05, 3.63) is 71.7 Å². The van der Waals surface area contributed by atoms with Crippen molar-refractivity contribution < 1.29 is 4.79 Å². The van der Waals surface area contributed by atoms with Crippen molar-refractivity contribution in [1.29, 1.82) is 0 Å². The summed E-state index contributed by atoms with van der Waals surface area (Å²) in [6.45, 7) is 3.92. The first-order valence-corrected chi connectivity index (χ1v) is 11.2. The van der Waals surface area contributed by atoms with Gasteiger partial charge < -0.3 is 15.3 Å². The molecule has 0 unspecified atom stereocenters. The second-order valence-electron chi connectivity index (χ2n) is 8.96. The first-order chi connectivity index (χ1) is 15.5. The minimum absolute atomic E-state index is 0.0171. The Morgan fingerprint density at radius 2 is 2.03 bits per heavy atom. The number of aromatic amines is 1. The van der Waals surface area contributed by atoms with E-state index in [2.05, 4.69) is 33.5 Å². The molecule has 32 heavy (non-hydrogen) atoms. The molecule has 1 aliphatic carbocycles. The van der Waals surface area contributed by atoms with Gasteiger partial charge in [0.1, 0.15) is 5.65 Å². The second kappa shape index (κ2) is 8.04. The zero-order valence-electron chi connectivity index (χ0n) is 18.6. The lowest BCUT2D eigenvalue weighted by molar-refractivity contribution is 0.0964. The van der Waals surface area contributed by atoms with Crippen LogP contribution in [0.25, 0.3) is 27.7 Å². The van der Waals surface area contributed by atoms with Crippen LogP contribution < -0.4 is 11.2 Å². The summed E-state index contributed by atoms with van der Waals surface area (Å²) in [5.41, 5.74) is 7.16. The van der Waals surface area contributed by atoms with Crippen molar-refractivity contribution in [3.63, 3.8) is 0 Å². The molecule has 6 heteroatoms. The number of ketones is 1. The molecule has 1 fully saturated rings. The molecule has 164 valence electrons. The van der Waals surface area contributed by atoms with Crippen molar-refractivity contribution in [1.82, 2.24) is 20.3 Å². The maximum Gasteiger partial charge on any atom is 0.164 e. The number of carbonyl (C=O) groups excluding carboxylic acids is 1. The number of piperidine rings is 1. The lowest BCUT2D eigenvalue weighted by atomic mass is 9.74. The van der Waals surface area contributed by atoms with Crippen LogP contribution in [0.15, 0.2) is 55.0 Å². The standard InChI is InChI=1S/C26H29N5O/c1-3-4-18(16-31(2)27)19-11-21-22(15-30-25(21)29-14-19)17-5-6-20-23(12-17)26(13-24(20)32)7-9-28-10-8-26/h3-6,11-12,14-16,28H,7-10,13,27H2,1-2H3,(H,29,30)/b4-3+,18-16+. The molecule has 3 aromatic rings. The van der Waals surface area contributed by atoms with Crippen LogP contribution in [0.4, 0.5) is 0 Å². The van der Waals surface area contributed by atoms with Crippen LogP contribution >= 0.6 is 0 Å². The highest BCUT2D eigenvalue weighted by Gasteiger charge is 2.43. The summed E-state index contributed by atoms with van der Waals surface area (Å²) in [6, 6.07) is 8.50. The van der Waals surface area contributed by atoms with Gasteiger partial charge in [0.2, 0.25) is 0 Å². The fraction of sp³-hybridized carbons (Fsp3) is 0.308. The van der Waals surface area contributed by atoms with E-state index >= 15 is 0 Å². The van der Waals surface area contributed by atoms with Crippen molar-refractivity contribution in [2.24, 2.45) is 5.84 Å². The molecule has 0 bridgehead atoms. The monoisotopic (exact) mass is 427 g/mol. The van der Waals surface area contributed by atoms with Gasteiger partial charge in [0.25, 0.3) is 0 Å². The van der Waals surface area contributed by atoms with Crippen LogP contribution in [0, 0.1) is 0 Å². The number of nitrogens with zero attached hydrogens (tertiary/aromatic N) is 2. The van der Waals surface area contributed by atoms with Gasteiger partial charge in [0.15, 0.2) is 5.78 Å². The van der Waals surface area contributed by atoms with Crippen molar-refractivity contribution in [3.8, 4) is 11.1 Å². The number of carbonyl (C=O) groups is 1. The minimum atomic E-state index is -0.0171. The zero-order valence-corrected chi connectivity index (χ0v) is 18.6. The molecule has 1 spiro atoms. The summed E-state index contributed by atoms with van der Waals surface area (Å²) < 4.78 is 0. The Morgan fingerprint density at radius 1 is 1.22 bits per heavy atom. The molecule has 1 aromatic carbocycles. The van der Waals surface area contributed by atoms with Crippen LogP contribution in [0.3, 0.4) is 0 Å². The van der Waals surface area contributed by atoms with E-state index in [0.29, 0.717) is 6.42 Å². The van der Waals surface area contributed by atoms with Crippen LogP contribution in [-0.4, -0.2) is 40.9 Å². The van der Waals surface area contributed by atoms with Crippen LogP contribution in [0.5, 0.6) is 0 Å². The maximum absolute atomic E-state index is 12.8. The van der Waals surface area contributed by atoms with Crippen LogP contribution in [-0.2, 0) is 5.41 Å². The Balaban J connectivity index is 1.62. The Bertz CT molecular complexity index is 1240. The highest BCUT2D eigenvalue weighted by molar-refractivity contribution is 6.04. The number of hydrazine groups is 1. The van der Waals surface area contributed by atoms with E-state index in [1.807, 2.05) is 43.7 Å². The number of hydrogen-bond acceptors (Lipinski definition) is 5. The van der Waals surface area contributed by atoms with Gasteiger partial charge in [-0.25, -0.2) is 10.8 Å². The smallest absolute Gasteiger partial charge is 0.164 e. The number of rotatable bonds is 4. The fourth-order valence-electron chi connectivity index (χ4n) is 5.26. The van der Waals surface area contributed by atoms with Gasteiger partial charge in [-0.3, -0.25) is 4.79 Å². The summed E-state index contributed by atoms with van der Waals surface area (Å²) in [5, 5.41) is 6.05. The lowest BCUT2D eigenvalue weighted by Crippen LogP contribution is -2.38. The highest BCUT2D eigenvalue weighted by Crippen LogP contribution is 2.46. The average molecular weight is 428 g/mol. The summed E-state index contributed by atoms with van der Waals surface area (Å²) in [4.78, 5) is 20.7. The Morgan fingerprint density at radius 3 is 2.78 bits per heavy atom. The summed E-state index contributed by atoms with van der Waals surface area (Å²) in [6.07, 6.45) is 12.5. The van der Waals surface area contributed by atoms with Gasteiger partial charge >= 0.3 is 0 Å². The summed E-state index contributed by atoms with van der Waals surface area (Å²) in [5.74, 6) is 6.15. The molecule has 1 aliphatic heterocycles. The van der Waals surface area contributed by atoms with Gasteiger partial charge in [-0.05, 0) is 56.1 Å². The number of allylic oxidation sites excluding steroid dienone is 3. The number of benzene rings is 1. The maximum atomic E-state index is 12.8. The summed E-state index contributed by atoms with van der Waals surface area (Å²) in [7, 11) is 1.81. The second-order valence-corrected chi connectivity index (χ2v) is 8.96. The van der Waals surface area contributed by atoms with E-state index in [4.69, 9.17) is 5.84 Å². The average Bonchev–Trinajstić information content (AvgIpc) is 3.32. The third-order valence-corrected chi connectivity index (χ3v) is 6.82. The van der Waals surface area contributed by atoms with Gasteiger partial charge in [-0.2, -0.15) is 0 Å². The van der Waals surface area contributed by atoms with Crippen molar-refractivity contribution >= 4 is 22.4 Å². The molecule has 0 radical (unpaired) electrons. The third-order valence-electron chi connectivity index (χ3n) is 6.82. The van der Waals surface area contributed by atoms with Gasteiger partial charge in [-0.15, -0.1) is 0 Å². The molecular weight excluding hydrogens is 398 g/mol. The molecule has 1 saturated heterocycles. The van der Waals surface area contributed by atoms with E-state index < -0.39 is 0 Å². The third kappa shape index (κ3) is 3.45. The summed E-state index contributed by atoms with van der Waals surface area (Å²) >= 11 is 0. The van der Waals surface area contributed by atoms with E-state index in [1.165, 1.54) is 5.56 Å². The van der Waals surface area contributed by atoms with E-state index in [0.717, 1.165) is 64.8 Å². The zero-order chi connectivity index (χ0) is 22.3. The van der Waals surface area contributed by atoms with Crippen LogP contribution in [0.1, 0.15) is 47.7 Å². The van der Waals surface area contributed by atoms with E-state index in [9.17, 15) is 4.79 Å². The molecule has 2 aliphatic rings. The van der Waals surface area contributed by atoms with E-state index in [-0.39, 0.29) is 11.2 Å². The molecular formula is C26H29N5O. The topological polar surface area (TPSA) is 87.0 Å². The van der Waals surface area contributed by atoms with Crippen LogP contribution in [0.2, 0.25) is 0 Å². The molecule has 2 aromatic heterocycles. The quantitative estimate of drug-likeness (QED) is 0.331. The largest absolute Gasteiger partial charge is 0.346 e. The number of fused-ring (bicyclic) bond motifs is 3. The first-order valence-electron chi connectivity index (χ1n) is 11.2. The molecule has 3 heterocycles. The van der Waals surface area contributed by atoms with Gasteiger partial charge in [-0.1, -0.05) is 24.3 Å². The van der Waals surface area contributed by atoms with Crippen molar-refractivity contribution in [2.45, 2.75) is 31.6 Å². The van der Waals surface area contributed by atoms with Crippen molar-refractivity contribution in [2.75, 3.05) is 20.1 Å². The Labute approximate surface area is 188 Å². The number of pyridine rings is 1. The van der Waals surface area contributed by atoms with Gasteiger partial charge in [0, 0.05) is 65.1 Å². The predicted molar refractivity (Wildman–Crippen MR) is 129 cm³/mol. The normalized spacial score (nSPS) is 18.1. The Kier molecular flexibility index (Phi) is 5.19. The number of hydrogen-bond donors (Lipinski definition) is 3. The predicted octanol–water partition coefficient (Wildman–Crippen LogP) is 4.16. The molecule has 6 nitrogen and oxygen atoms in total. The Hall–Kier alpha value is -3.22. The number of H-pyrrole nitrogens is 1. The van der Waals surface area contributed by atoms with Gasteiger partial charge in [0.05, 0.1) is 0 Å². The van der Waals surface area contributed by atoms with E-state index in [1.54, 1.807) is 12.1 Å². The number of nitrogens with two attached hydrogens (primary N) is 1. The fourth-order valence-corrected chi connectivity index (χ4v) is 5.26. The molecule has 4 N–H and O–H groups in total. The minimum Gasteiger partial charge on any atom is -0.346 e. The first kappa shape index (κ1) is 20.7. The molecule has 0 atom stereocenters. The number of aromatic nitrogens is 2. The number of nitrogens with one attached hydrogen (secondary N) is 2. The molecule has 0 amide bonds. The highest BCUT2D eigenvalue weighted by atomic mass is 16.1. The number of Topliss-reactive ketones (excluding diaryl/α,β-unsaturated/α-hetero) is 1. The molecule has 5 rings (SSSR count). The molecule has 0 saturated carbocycles. The SMILES string of the molecule is C/C=C/C(=C\N(C)N)c1cnc2[nH]cc(-c3ccc4c(c3)C3(CCNCC3)CC4=O)c2c1.